The molecule has 0 N–H and O–H groups in total. The first-order valence-electron chi connectivity index (χ1n) is 10.7. The molecule has 0 aliphatic carbocycles. The van der Waals surface area contributed by atoms with Gasteiger partial charge in [-0.05, 0) is 55.8 Å². The summed E-state index contributed by atoms with van der Waals surface area (Å²) in [5, 5.41) is 0.204. The molecular formula is C23H27ClFN3O5S2. The number of ether oxygens (including phenoxy) is 1. The molecule has 0 radical (unpaired) electrons. The Morgan fingerprint density at radius 3 is 2.26 bits per heavy atom. The van der Waals surface area contributed by atoms with Crippen LogP contribution in [0.25, 0.3) is 0 Å². The van der Waals surface area contributed by atoms with Crippen molar-refractivity contribution in [2.24, 2.45) is 0 Å². The SMILES string of the molecule is COCCn1c(CN(C(C)C)S(=O)(=O)c2ccc(Cl)cc2)cnc1S(=O)(=O)Cc1ccc(F)cc1. The van der Waals surface area contributed by atoms with Crippen molar-refractivity contribution < 1.29 is 26.0 Å². The standard InChI is InChI=1S/C23H27ClFN3O5S2/c1-17(2)28(35(31,32)22-10-6-19(24)7-11-22)15-21-14-26-23(27(21)12-13-33-3)34(29,30)16-18-4-8-20(25)9-5-18/h4-11,14,17H,12-13,15-16H2,1-3H3. The number of methoxy groups -OCH3 is 1. The van der Waals surface area contributed by atoms with Crippen LogP contribution >= 0.6 is 11.6 Å². The normalized spacial score (nSPS) is 12.5. The van der Waals surface area contributed by atoms with E-state index in [1.807, 2.05) is 0 Å². The zero-order valence-corrected chi connectivity index (χ0v) is 21.9. The third kappa shape index (κ3) is 6.47. The average molecular weight is 544 g/mol. The highest BCUT2D eigenvalue weighted by atomic mass is 35.5. The lowest BCUT2D eigenvalue weighted by Crippen LogP contribution is -2.37. The third-order valence-electron chi connectivity index (χ3n) is 5.28. The van der Waals surface area contributed by atoms with E-state index in [0.717, 1.165) is 0 Å². The van der Waals surface area contributed by atoms with E-state index in [9.17, 15) is 21.2 Å². The molecule has 0 saturated heterocycles. The van der Waals surface area contributed by atoms with Crippen molar-refractivity contribution in [2.75, 3.05) is 13.7 Å². The second-order valence-electron chi connectivity index (χ2n) is 8.16. The molecule has 0 saturated carbocycles. The molecule has 1 heterocycles. The molecule has 2 aromatic carbocycles. The van der Waals surface area contributed by atoms with Gasteiger partial charge in [-0.15, -0.1) is 0 Å². The van der Waals surface area contributed by atoms with Gasteiger partial charge in [0.25, 0.3) is 0 Å². The maximum atomic E-state index is 13.4. The van der Waals surface area contributed by atoms with E-state index < -0.39 is 31.7 Å². The Labute approximate surface area is 210 Å². The van der Waals surface area contributed by atoms with Gasteiger partial charge in [0.05, 0.1) is 35.7 Å². The third-order valence-corrected chi connectivity index (χ3v) is 9.17. The van der Waals surface area contributed by atoms with E-state index in [-0.39, 0.29) is 35.5 Å². The minimum atomic E-state index is -3.92. The fraction of sp³-hybridized carbons (Fsp3) is 0.348. The summed E-state index contributed by atoms with van der Waals surface area (Å²) < 4.78 is 74.2. The second-order valence-corrected chi connectivity index (χ2v) is 12.4. The zero-order chi connectivity index (χ0) is 25.8. The minimum absolute atomic E-state index is 0.0720. The molecule has 3 rings (SSSR count). The average Bonchev–Trinajstić information content (AvgIpc) is 3.21. The van der Waals surface area contributed by atoms with Gasteiger partial charge in [0.15, 0.2) is 0 Å². The molecule has 190 valence electrons. The highest BCUT2D eigenvalue weighted by molar-refractivity contribution is 7.90. The smallest absolute Gasteiger partial charge is 0.243 e. The lowest BCUT2D eigenvalue weighted by molar-refractivity contribution is 0.182. The van der Waals surface area contributed by atoms with Crippen molar-refractivity contribution in [2.45, 2.75) is 48.8 Å². The van der Waals surface area contributed by atoms with Crippen LogP contribution in [-0.2, 0) is 43.4 Å². The van der Waals surface area contributed by atoms with Gasteiger partial charge < -0.3 is 9.30 Å². The number of halogens is 2. The summed E-state index contributed by atoms with van der Waals surface area (Å²) in [5.41, 5.74) is 0.800. The first-order valence-corrected chi connectivity index (χ1v) is 14.2. The predicted molar refractivity (Wildman–Crippen MR) is 131 cm³/mol. The molecule has 0 aliphatic heterocycles. The first-order chi connectivity index (χ1) is 16.5. The van der Waals surface area contributed by atoms with Crippen molar-refractivity contribution in [3.05, 3.63) is 76.8 Å². The van der Waals surface area contributed by atoms with Crippen molar-refractivity contribution >= 4 is 31.5 Å². The van der Waals surface area contributed by atoms with Gasteiger partial charge >= 0.3 is 0 Å². The van der Waals surface area contributed by atoms with Crippen LogP contribution in [0.15, 0.2) is 64.8 Å². The first kappa shape index (κ1) is 27.3. The van der Waals surface area contributed by atoms with E-state index in [1.165, 1.54) is 70.7 Å². The Kier molecular flexibility index (Phi) is 8.71. The van der Waals surface area contributed by atoms with E-state index in [0.29, 0.717) is 16.3 Å². The summed E-state index contributed by atoms with van der Waals surface area (Å²) in [4.78, 5) is 4.21. The number of hydrogen-bond acceptors (Lipinski definition) is 6. The summed E-state index contributed by atoms with van der Waals surface area (Å²) in [5.74, 6) is -0.848. The van der Waals surface area contributed by atoms with E-state index in [4.69, 9.17) is 16.3 Å². The van der Waals surface area contributed by atoms with Crippen LogP contribution in [0.1, 0.15) is 25.1 Å². The van der Waals surface area contributed by atoms with Gasteiger partial charge in [0.1, 0.15) is 5.82 Å². The number of benzene rings is 2. The minimum Gasteiger partial charge on any atom is -0.383 e. The molecule has 0 atom stereocenters. The molecule has 0 aliphatic rings. The quantitative estimate of drug-likeness (QED) is 0.364. The predicted octanol–water partition coefficient (Wildman–Crippen LogP) is 3.90. The molecule has 0 fully saturated rings. The Bertz CT molecular complexity index is 1360. The summed E-state index contributed by atoms with van der Waals surface area (Å²) in [6.07, 6.45) is 1.36. The van der Waals surface area contributed by atoms with Crippen LogP contribution in [0.4, 0.5) is 4.39 Å². The lowest BCUT2D eigenvalue weighted by atomic mass is 10.2. The van der Waals surface area contributed by atoms with Gasteiger partial charge in [0, 0.05) is 24.7 Å². The van der Waals surface area contributed by atoms with Crippen LogP contribution in [0.3, 0.4) is 0 Å². The van der Waals surface area contributed by atoms with E-state index in [1.54, 1.807) is 13.8 Å². The topological polar surface area (TPSA) is 98.6 Å². The Morgan fingerprint density at radius 2 is 1.69 bits per heavy atom. The van der Waals surface area contributed by atoms with Crippen molar-refractivity contribution in [3.63, 3.8) is 0 Å². The molecule has 0 bridgehead atoms. The molecule has 1 aromatic heterocycles. The van der Waals surface area contributed by atoms with Gasteiger partial charge in [-0.2, -0.15) is 4.31 Å². The molecule has 0 amide bonds. The molecule has 8 nitrogen and oxygen atoms in total. The van der Waals surface area contributed by atoms with Crippen LogP contribution < -0.4 is 0 Å². The van der Waals surface area contributed by atoms with E-state index in [2.05, 4.69) is 4.98 Å². The number of imidazole rings is 1. The molecule has 3 aromatic rings. The summed E-state index contributed by atoms with van der Waals surface area (Å²) in [6.45, 7) is 3.70. The number of sulfonamides is 1. The van der Waals surface area contributed by atoms with Crippen molar-refractivity contribution in [1.82, 2.24) is 13.9 Å². The van der Waals surface area contributed by atoms with Gasteiger partial charge in [-0.3, -0.25) is 0 Å². The van der Waals surface area contributed by atoms with Crippen molar-refractivity contribution in [1.29, 1.82) is 0 Å². The van der Waals surface area contributed by atoms with Gasteiger partial charge in [-0.1, -0.05) is 23.7 Å². The Hall–Kier alpha value is -2.31. The van der Waals surface area contributed by atoms with Crippen LogP contribution in [-0.4, -0.2) is 50.5 Å². The Morgan fingerprint density at radius 1 is 1.06 bits per heavy atom. The van der Waals surface area contributed by atoms with Gasteiger partial charge in [-0.25, -0.2) is 26.2 Å². The molecular weight excluding hydrogens is 517 g/mol. The Balaban J connectivity index is 1.99. The number of aromatic nitrogens is 2. The monoisotopic (exact) mass is 543 g/mol. The summed E-state index contributed by atoms with van der Waals surface area (Å²) in [6, 6.07) is 10.6. The maximum absolute atomic E-state index is 13.4. The molecule has 35 heavy (non-hydrogen) atoms. The summed E-state index contributed by atoms with van der Waals surface area (Å²) >= 11 is 5.91. The highest BCUT2D eigenvalue weighted by Gasteiger charge is 2.30. The fourth-order valence-corrected chi connectivity index (χ4v) is 6.75. The number of rotatable bonds is 11. The lowest BCUT2D eigenvalue weighted by Gasteiger charge is -2.26. The molecule has 0 unspecified atom stereocenters. The fourth-order valence-electron chi connectivity index (χ4n) is 3.50. The number of nitrogens with zero attached hydrogens (tertiary/aromatic N) is 3. The summed E-state index contributed by atoms with van der Waals surface area (Å²) in [7, 11) is -6.36. The zero-order valence-electron chi connectivity index (χ0n) is 19.6. The van der Waals surface area contributed by atoms with E-state index >= 15 is 0 Å². The second kappa shape index (κ2) is 11.2. The molecule has 12 heteroatoms. The van der Waals surface area contributed by atoms with Crippen molar-refractivity contribution in [3.8, 4) is 0 Å². The molecule has 0 spiro atoms. The van der Waals surface area contributed by atoms with Crippen LogP contribution in [0, 0.1) is 5.82 Å². The maximum Gasteiger partial charge on any atom is 0.243 e. The van der Waals surface area contributed by atoms with Gasteiger partial charge in [0.2, 0.25) is 25.0 Å². The largest absolute Gasteiger partial charge is 0.383 e. The highest BCUT2D eigenvalue weighted by Crippen LogP contribution is 2.25. The number of sulfone groups is 1. The van der Waals surface area contributed by atoms with Crippen LogP contribution in [0.2, 0.25) is 5.02 Å². The number of hydrogen-bond donors (Lipinski definition) is 0. The van der Waals surface area contributed by atoms with Crippen LogP contribution in [0.5, 0.6) is 0 Å².